The van der Waals surface area contributed by atoms with Crippen molar-refractivity contribution in [2.24, 2.45) is 0 Å². The summed E-state index contributed by atoms with van der Waals surface area (Å²) >= 11 is 0. The molecule has 2 aromatic carbocycles. The van der Waals surface area contributed by atoms with E-state index in [1.165, 1.54) is 13.3 Å². The molecule has 140 valence electrons. The standard InChI is InChI=1S/C21H17N3O4/c1-14(20(25)26-2)16-8-4-6-10-18(16)28-21-23-12-11-19(24-21)27-17-9-5-3-7-15(17)13-22/h3-12,14H,1-2H3. The minimum atomic E-state index is -0.511. The van der Waals surface area contributed by atoms with Gasteiger partial charge in [0, 0.05) is 17.8 Å². The topological polar surface area (TPSA) is 94.3 Å². The number of rotatable bonds is 6. The SMILES string of the molecule is COC(=O)C(C)c1ccccc1Oc1nccc(Oc2ccccc2C#N)n1. The maximum absolute atomic E-state index is 11.9. The van der Waals surface area contributed by atoms with Crippen LogP contribution in [0.4, 0.5) is 0 Å². The average molecular weight is 375 g/mol. The van der Waals surface area contributed by atoms with Gasteiger partial charge < -0.3 is 14.2 Å². The first-order valence-electron chi connectivity index (χ1n) is 8.47. The first-order chi connectivity index (χ1) is 13.6. The van der Waals surface area contributed by atoms with Gasteiger partial charge in [-0.1, -0.05) is 30.3 Å². The van der Waals surface area contributed by atoms with E-state index in [2.05, 4.69) is 16.0 Å². The van der Waals surface area contributed by atoms with Gasteiger partial charge in [-0.15, -0.1) is 0 Å². The van der Waals surface area contributed by atoms with Crippen molar-refractivity contribution in [3.8, 4) is 29.5 Å². The number of para-hydroxylation sites is 2. The number of aromatic nitrogens is 2. The molecule has 7 heteroatoms. The number of nitriles is 1. The van der Waals surface area contributed by atoms with Gasteiger partial charge in [0.1, 0.15) is 17.6 Å². The van der Waals surface area contributed by atoms with Crippen molar-refractivity contribution in [1.29, 1.82) is 5.26 Å². The normalized spacial score (nSPS) is 11.2. The molecule has 3 rings (SSSR count). The van der Waals surface area contributed by atoms with Crippen LogP contribution in [0.25, 0.3) is 0 Å². The summed E-state index contributed by atoms with van der Waals surface area (Å²) in [5.41, 5.74) is 1.04. The number of nitrogens with zero attached hydrogens (tertiary/aromatic N) is 3. The van der Waals surface area contributed by atoms with Crippen LogP contribution in [0, 0.1) is 11.3 Å². The van der Waals surface area contributed by atoms with Crippen LogP contribution in [0.5, 0.6) is 23.4 Å². The molecule has 7 nitrogen and oxygen atoms in total. The maximum atomic E-state index is 11.9. The van der Waals surface area contributed by atoms with Crippen molar-refractivity contribution < 1.29 is 19.0 Å². The van der Waals surface area contributed by atoms with Crippen LogP contribution in [0.3, 0.4) is 0 Å². The quantitative estimate of drug-likeness (QED) is 0.596. The first-order valence-corrected chi connectivity index (χ1v) is 8.47. The lowest BCUT2D eigenvalue weighted by Gasteiger charge is -2.14. The van der Waals surface area contributed by atoms with Crippen molar-refractivity contribution >= 4 is 5.97 Å². The van der Waals surface area contributed by atoms with Gasteiger partial charge in [0.2, 0.25) is 5.88 Å². The van der Waals surface area contributed by atoms with Crippen LogP contribution < -0.4 is 9.47 Å². The minimum absolute atomic E-state index is 0.0523. The number of carbonyl (C=O) groups excluding carboxylic acids is 1. The first kappa shape index (κ1) is 18.9. The largest absolute Gasteiger partial charge is 0.469 e. The Balaban J connectivity index is 1.85. The molecule has 0 saturated carbocycles. The van der Waals surface area contributed by atoms with Crippen molar-refractivity contribution in [2.75, 3.05) is 7.11 Å². The number of carbonyl (C=O) groups is 1. The molecular weight excluding hydrogens is 358 g/mol. The van der Waals surface area contributed by atoms with Crippen molar-refractivity contribution in [1.82, 2.24) is 9.97 Å². The summed E-state index contributed by atoms with van der Waals surface area (Å²) in [6.45, 7) is 1.73. The van der Waals surface area contributed by atoms with E-state index in [-0.39, 0.29) is 17.9 Å². The fraction of sp³-hybridized carbons (Fsp3) is 0.143. The van der Waals surface area contributed by atoms with Gasteiger partial charge in [-0.05, 0) is 25.1 Å². The van der Waals surface area contributed by atoms with Crippen LogP contribution >= 0.6 is 0 Å². The molecule has 0 saturated heterocycles. The van der Waals surface area contributed by atoms with E-state index < -0.39 is 5.92 Å². The van der Waals surface area contributed by atoms with Crippen molar-refractivity contribution in [3.05, 3.63) is 71.9 Å². The van der Waals surface area contributed by atoms with Gasteiger partial charge in [0.25, 0.3) is 0 Å². The Hall–Kier alpha value is -3.92. The van der Waals surface area contributed by atoms with E-state index in [0.717, 1.165) is 0 Å². The molecule has 0 fully saturated rings. The third kappa shape index (κ3) is 4.24. The van der Waals surface area contributed by atoms with Crippen molar-refractivity contribution in [3.63, 3.8) is 0 Å². The van der Waals surface area contributed by atoms with Crippen molar-refractivity contribution in [2.45, 2.75) is 12.8 Å². The highest BCUT2D eigenvalue weighted by atomic mass is 16.5. The second-order valence-corrected chi connectivity index (χ2v) is 5.77. The van der Waals surface area contributed by atoms with Crippen LogP contribution in [0.1, 0.15) is 24.0 Å². The zero-order valence-corrected chi connectivity index (χ0v) is 15.3. The number of hydrogen-bond donors (Lipinski definition) is 0. The Kier molecular flexibility index (Phi) is 5.82. The molecule has 1 atom stereocenters. The van der Waals surface area contributed by atoms with Gasteiger partial charge >= 0.3 is 12.0 Å². The second-order valence-electron chi connectivity index (χ2n) is 5.77. The van der Waals surface area contributed by atoms with Crippen LogP contribution in [0.15, 0.2) is 60.8 Å². The number of ether oxygens (including phenoxy) is 3. The second kappa shape index (κ2) is 8.64. The number of methoxy groups -OCH3 is 1. The molecule has 0 amide bonds. The zero-order valence-electron chi connectivity index (χ0n) is 15.3. The summed E-state index contributed by atoms with van der Waals surface area (Å²) in [5.74, 6) is 0.167. The molecular formula is C21H17N3O4. The van der Waals surface area contributed by atoms with E-state index in [0.29, 0.717) is 22.6 Å². The molecule has 0 aliphatic heterocycles. The molecule has 28 heavy (non-hydrogen) atoms. The number of esters is 1. The summed E-state index contributed by atoms with van der Waals surface area (Å²) in [6.07, 6.45) is 1.49. The molecule has 1 heterocycles. The summed E-state index contributed by atoms with van der Waals surface area (Å²) < 4.78 is 16.3. The molecule has 0 aliphatic rings. The number of hydrogen-bond acceptors (Lipinski definition) is 7. The van der Waals surface area contributed by atoms with Gasteiger partial charge in [-0.2, -0.15) is 10.2 Å². The molecule has 0 bridgehead atoms. The Morgan fingerprint density at radius 3 is 2.50 bits per heavy atom. The predicted octanol–water partition coefficient (Wildman–Crippen LogP) is 4.21. The van der Waals surface area contributed by atoms with E-state index in [4.69, 9.17) is 19.5 Å². The third-order valence-corrected chi connectivity index (χ3v) is 3.97. The lowest BCUT2D eigenvalue weighted by molar-refractivity contribution is -0.142. The highest BCUT2D eigenvalue weighted by molar-refractivity contribution is 5.78. The van der Waals surface area contributed by atoms with Gasteiger partial charge in [-0.3, -0.25) is 4.79 Å². The molecule has 1 unspecified atom stereocenters. The lowest BCUT2D eigenvalue weighted by atomic mass is 10.0. The Morgan fingerprint density at radius 2 is 1.75 bits per heavy atom. The lowest BCUT2D eigenvalue weighted by Crippen LogP contribution is -2.11. The summed E-state index contributed by atoms with van der Waals surface area (Å²) in [5, 5.41) is 9.17. The molecule has 0 N–H and O–H groups in total. The fourth-order valence-corrected chi connectivity index (χ4v) is 2.53. The number of benzene rings is 2. The summed E-state index contributed by atoms with van der Waals surface area (Å²) in [6, 6.07) is 17.6. The predicted molar refractivity (Wildman–Crippen MR) is 100 cm³/mol. The van der Waals surface area contributed by atoms with Gasteiger partial charge in [0.15, 0.2) is 0 Å². The highest BCUT2D eigenvalue weighted by Crippen LogP contribution is 2.31. The van der Waals surface area contributed by atoms with E-state index in [9.17, 15) is 4.79 Å². The zero-order chi connectivity index (χ0) is 19.9. The van der Waals surface area contributed by atoms with Crippen LogP contribution in [0.2, 0.25) is 0 Å². The summed E-state index contributed by atoms with van der Waals surface area (Å²) in [4.78, 5) is 20.2. The Labute approximate surface area is 162 Å². The molecule has 0 radical (unpaired) electrons. The monoisotopic (exact) mass is 375 g/mol. The minimum Gasteiger partial charge on any atom is -0.469 e. The molecule has 1 aromatic heterocycles. The average Bonchev–Trinajstić information content (AvgIpc) is 2.73. The van der Waals surface area contributed by atoms with E-state index in [1.54, 1.807) is 61.5 Å². The van der Waals surface area contributed by atoms with E-state index >= 15 is 0 Å². The summed E-state index contributed by atoms with van der Waals surface area (Å²) in [7, 11) is 1.34. The molecule has 0 aliphatic carbocycles. The van der Waals surface area contributed by atoms with E-state index in [1.807, 2.05) is 0 Å². The van der Waals surface area contributed by atoms with Crippen LogP contribution in [-0.2, 0) is 9.53 Å². The Bertz CT molecular complexity index is 1030. The fourth-order valence-electron chi connectivity index (χ4n) is 2.53. The molecule has 0 spiro atoms. The highest BCUT2D eigenvalue weighted by Gasteiger charge is 2.20. The van der Waals surface area contributed by atoms with Gasteiger partial charge in [-0.25, -0.2) is 4.98 Å². The van der Waals surface area contributed by atoms with Gasteiger partial charge in [0.05, 0.1) is 18.6 Å². The Morgan fingerprint density at radius 1 is 1.04 bits per heavy atom. The van der Waals surface area contributed by atoms with Crippen LogP contribution in [-0.4, -0.2) is 23.0 Å². The molecule has 3 aromatic rings. The smallest absolute Gasteiger partial charge is 0.325 e. The third-order valence-electron chi connectivity index (χ3n) is 3.97. The maximum Gasteiger partial charge on any atom is 0.325 e.